The van der Waals surface area contributed by atoms with Gasteiger partial charge in [-0.2, -0.15) is 0 Å². The summed E-state index contributed by atoms with van der Waals surface area (Å²) in [6.45, 7) is 0. The average molecular weight is 280 g/mol. The lowest BCUT2D eigenvalue weighted by molar-refractivity contribution is 1.09. The van der Waals surface area contributed by atoms with E-state index in [-0.39, 0.29) is 0 Å². The van der Waals surface area contributed by atoms with Gasteiger partial charge >= 0.3 is 0 Å². The van der Waals surface area contributed by atoms with Gasteiger partial charge < -0.3 is 15.6 Å². The second kappa shape index (κ2) is 4.44. The summed E-state index contributed by atoms with van der Waals surface area (Å²) < 4.78 is 1.82. The fourth-order valence-corrected chi connectivity index (χ4v) is 2.21. The molecule has 1 aromatic carbocycles. The Kier molecular flexibility index (Phi) is 2.46. The maximum atomic E-state index is 4.46. The van der Waals surface area contributed by atoms with Gasteiger partial charge in [0.1, 0.15) is 0 Å². The van der Waals surface area contributed by atoms with Gasteiger partial charge in [0, 0.05) is 19.4 Å². The molecule has 0 fully saturated rings. The Morgan fingerprint density at radius 2 is 2.10 bits per heavy atom. The van der Waals surface area contributed by atoms with Crippen molar-refractivity contribution in [3.8, 4) is 0 Å². The molecule has 0 saturated heterocycles. The molecule has 104 valence electrons. The van der Waals surface area contributed by atoms with Crippen molar-refractivity contribution in [3.63, 3.8) is 0 Å². The van der Waals surface area contributed by atoms with E-state index < -0.39 is 0 Å². The quantitative estimate of drug-likeness (QED) is 0.529. The monoisotopic (exact) mass is 280 g/mol. The van der Waals surface area contributed by atoms with Crippen LogP contribution in [0.4, 0.5) is 17.7 Å². The van der Waals surface area contributed by atoms with E-state index in [9.17, 15) is 0 Å². The number of hydrogen-bond acceptors (Lipinski definition) is 6. The van der Waals surface area contributed by atoms with Crippen LogP contribution in [0.1, 0.15) is 0 Å². The summed E-state index contributed by atoms with van der Waals surface area (Å²) >= 11 is 0. The highest BCUT2D eigenvalue weighted by atomic mass is 15.3. The zero-order valence-corrected chi connectivity index (χ0v) is 11.2. The van der Waals surface area contributed by atoms with Crippen LogP contribution < -0.4 is 10.6 Å². The van der Waals surface area contributed by atoms with Crippen LogP contribution in [0.25, 0.3) is 16.7 Å². The lowest BCUT2D eigenvalue weighted by atomic mass is 10.3. The molecule has 0 spiro atoms. The highest BCUT2D eigenvalue weighted by Gasteiger charge is 2.11. The minimum Gasteiger partial charge on any atom is -0.357 e. The third kappa shape index (κ3) is 1.84. The lowest BCUT2D eigenvalue weighted by Crippen LogP contribution is -2.00. The largest absolute Gasteiger partial charge is 0.357 e. The van der Waals surface area contributed by atoms with Gasteiger partial charge in [-0.15, -0.1) is 10.2 Å². The molecule has 8 heteroatoms. The first-order valence-electron chi connectivity index (χ1n) is 6.44. The fraction of sp³-hybridized carbons (Fsp3) is 0.0769. The van der Waals surface area contributed by atoms with E-state index in [1.165, 1.54) is 0 Å². The smallest absolute Gasteiger partial charge is 0.228 e. The second-order valence-corrected chi connectivity index (χ2v) is 4.47. The maximum Gasteiger partial charge on any atom is 0.228 e. The molecule has 8 nitrogen and oxygen atoms in total. The predicted octanol–water partition coefficient (Wildman–Crippen LogP) is 1.79. The van der Waals surface area contributed by atoms with Crippen LogP contribution in [0.2, 0.25) is 0 Å². The van der Waals surface area contributed by atoms with Crippen molar-refractivity contribution >= 4 is 34.4 Å². The molecular weight excluding hydrogens is 268 g/mol. The van der Waals surface area contributed by atoms with Gasteiger partial charge in [0.25, 0.3) is 0 Å². The lowest BCUT2D eigenvalue weighted by Gasteiger charge is -2.03. The van der Waals surface area contributed by atoms with E-state index in [1.807, 2.05) is 28.7 Å². The van der Waals surface area contributed by atoms with Gasteiger partial charge in [-0.3, -0.25) is 4.40 Å². The van der Waals surface area contributed by atoms with Crippen LogP contribution >= 0.6 is 0 Å². The van der Waals surface area contributed by atoms with Crippen molar-refractivity contribution < 1.29 is 0 Å². The topological polar surface area (TPSA) is 95.8 Å². The average Bonchev–Trinajstić information content (AvgIpc) is 3.10. The van der Waals surface area contributed by atoms with Crippen molar-refractivity contribution in [2.75, 3.05) is 17.7 Å². The standard InChI is InChI=1S/C13H12N8/c1-14-13-20-19-11-10(15-6-7-21(11)13)18-12-16-8-4-2-3-5-9(8)17-12/h2-7H,1H3,(H,14,20)(H2,15,16,17,18). The first-order chi connectivity index (χ1) is 10.3. The fourth-order valence-electron chi connectivity index (χ4n) is 2.21. The van der Waals surface area contributed by atoms with Crippen LogP contribution in [0.3, 0.4) is 0 Å². The molecule has 0 bridgehead atoms. The number of benzene rings is 1. The van der Waals surface area contributed by atoms with Crippen molar-refractivity contribution in [1.82, 2.24) is 29.5 Å². The van der Waals surface area contributed by atoms with E-state index in [4.69, 9.17) is 0 Å². The molecule has 3 heterocycles. The number of hydrogen-bond donors (Lipinski definition) is 3. The predicted molar refractivity (Wildman–Crippen MR) is 79.7 cm³/mol. The Hall–Kier alpha value is -3.16. The normalized spacial score (nSPS) is 11.1. The molecule has 0 aliphatic carbocycles. The molecular formula is C13H12N8. The van der Waals surface area contributed by atoms with Gasteiger partial charge in [0.05, 0.1) is 11.0 Å². The number of aromatic amines is 1. The molecule has 3 aromatic heterocycles. The number of fused-ring (bicyclic) bond motifs is 2. The van der Waals surface area contributed by atoms with E-state index in [2.05, 4.69) is 35.8 Å². The van der Waals surface area contributed by atoms with Crippen LogP contribution in [0.15, 0.2) is 36.7 Å². The van der Waals surface area contributed by atoms with E-state index in [0.29, 0.717) is 23.4 Å². The van der Waals surface area contributed by atoms with Gasteiger partial charge in [0.2, 0.25) is 17.5 Å². The van der Waals surface area contributed by atoms with Crippen LogP contribution in [0.5, 0.6) is 0 Å². The van der Waals surface area contributed by atoms with E-state index in [1.54, 1.807) is 19.4 Å². The van der Waals surface area contributed by atoms with Crippen molar-refractivity contribution in [3.05, 3.63) is 36.7 Å². The zero-order chi connectivity index (χ0) is 14.2. The Balaban J connectivity index is 1.78. The number of H-pyrrole nitrogens is 1. The van der Waals surface area contributed by atoms with Gasteiger partial charge in [-0.1, -0.05) is 12.1 Å². The first kappa shape index (κ1) is 11.6. The third-order valence-electron chi connectivity index (χ3n) is 3.18. The molecule has 0 radical (unpaired) electrons. The summed E-state index contributed by atoms with van der Waals surface area (Å²) in [5, 5.41) is 14.3. The van der Waals surface area contributed by atoms with Crippen LogP contribution in [-0.4, -0.2) is 36.6 Å². The number of nitrogens with one attached hydrogen (secondary N) is 3. The Morgan fingerprint density at radius 3 is 2.95 bits per heavy atom. The second-order valence-electron chi connectivity index (χ2n) is 4.47. The summed E-state index contributed by atoms with van der Waals surface area (Å²) in [6.07, 6.45) is 3.48. The molecule has 3 N–H and O–H groups in total. The summed E-state index contributed by atoms with van der Waals surface area (Å²) in [4.78, 5) is 12.0. The van der Waals surface area contributed by atoms with E-state index >= 15 is 0 Å². The molecule has 21 heavy (non-hydrogen) atoms. The molecule has 4 aromatic rings. The molecule has 0 aliphatic rings. The highest BCUT2D eigenvalue weighted by molar-refractivity contribution is 5.79. The van der Waals surface area contributed by atoms with Crippen molar-refractivity contribution in [1.29, 1.82) is 0 Å². The number of aromatic nitrogens is 6. The van der Waals surface area contributed by atoms with Crippen molar-refractivity contribution in [2.45, 2.75) is 0 Å². The molecule has 0 saturated carbocycles. The molecule has 0 aliphatic heterocycles. The zero-order valence-electron chi connectivity index (χ0n) is 11.2. The van der Waals surface area contributed by atoms with Gasteiger partial charge in [0.15, 0.2) is 5.82 Å². The summed E-state index contributed by atoms with van der Waals surface area (Å²) in [6, 6.07) is 7.82. The van der Waals surface area contributed by atoms with Crippen LogP contribution in [-0.2, 0) is 0 Å². The Morgan fingerprint density at radius 1 is 1.19 bits per heavy atom. The maximum absolute atomic E-state index is 4.46. The SMILES string of the molecule is CNc1nnc2c(Nc3nc4ccccc4[nH]3)nccn12. The minimum atomic E-state index is 0.588. The number of para-hydroxylation sites is 2. The van der Waals surface area contributed by atoms with Gasteiger partial charge in [-0.05, 0) is 12.1 Å². The third-order valence-corrected chi connectivity index (χ3v) is 3.18. The Bertz CT molecular complexity index is 889. The molecule has 0 atom stereocenters. The Labute approximate surface area is 119 Å². The number of nitrogens with zero attached hydrogens (tertiary/aromatic N) is 5. The summed E-state index contributed by atoms with van der Waals surface area (Å²) in [5.74, 6) is 1.86. The number of anilines is 3. The van der Waals surface area contributed by atoms with Crippen LogP contribution in [0, 0.1) is 0 Å². The number of rotatable bonds is 3. The molecule has 0 unspecified atom stereocenters. The molecule has 4 rings (SSSR count). The summed E-state index contributed by atoms with van der Waals surface area (Å²) in [7, 11) is 1.79. The first-order valence-corrected chi connectivity index (χ1v) is 6.44. The number of imidazole rings is 1. The highest BCUT2D eigenvalue weighted by Crippen LogP contribution is 2.20. The van der Waals surface area contributed by atoms with E-state index in [0.717, 1.165) is 11.0 Å². The van der Waals surface area contributed by atoms with Crippen molar-refractivity contribution in [2.24, 2.45) is 0 Å². The van der Waals surface area contributed by atoms with Gasteiger partial charge in [-0.25, -0.2) is 9.97 Å². The molecule has 0 amide bonds. The summed E-state index contributed by atoms with van der Waals surface area (Å²) in [5.41, 5.74) is 2.48. The minimum absolute atomic E-state index is 0.588.